The lowest BCUT2D eigenvalue weighted by atomic mass is 9.95. The predicted octanol–water partition coefficient (Wildman–Crippen LogP) is 4.58. The van der Waals surface area contributed by atoms with Crippen molar-refractivity contribution in [3.05, 3.63) is 71.8 Å². The Bertz CT molecular complexity index is 1070. The van der Waals surface area contributed by atoms with E-state index in [2.05, 4.69) is 0 Å². The summed E-state index contributed by atoms with van der Waals surface area (Å²) in [4.78, 5) is 11.9. The summed E-state index contributed by atoms with van der Waals surface area (Å²) in [7, 11) is -3.56. The molecule has 0 aromatic heterocycles. The number of hydrogen-bond donors (Lipinski definition) is 0. The highest BCUT2D eigenvalue weighted by Crippen LogP contribution is 2.28. The Morgan fingerprint density at radius 3 is 2.38 bits per heavy atom. The van der Waals surface area contributed by atoms with Gasteiger partial charge in [-0.05, 0) is 47.4 Å². The summed E-state index contributed by atoms with van der Waals surface area (Å²) in [5.74, 6) is -0.122. The number of Topliss-reactive ketones (excluding diaryl/α,β-unsaturated/α-hetero) is 1. The van der Waals surface area contributed by atoms with E-state index >= 15 is 0 Å². The monoisotopic (exact) mass is 368 g/mol. The minimum Gasteiger partial charge on any atom is -0.294 e. The van der Waals surface area contributed by atoms with Gasteiger partial charge in [0.1, 0.15) is 5.75 Å². The van der Waals surface area contributed by atoms with Crippen LogP contribution in [0.15, 0.2) is 60.7 Å². The van der Waals surface area contributed by atoms with E-state index in [0.29, 0.717) is 11.1 Å². The average Bonchev–Trinajstić information content (AvgIpc) is 2.60. The molecule has 26 heavy (non-hydrogen) atoms. The van der Waals surface area contributed by atoms with Crippen molar-refractivity contribution in [1.82, 2.24) is 0 Å². The molecule has 0 saturated carbocycles. The van der Waals surface area contributed by atoms with E-state index in [-0.39, 0.29) is 18.1 Å². The summed E-state index contributed by atoms with van der Waals surface area (Å²) in [6, 6.07) is 19.0. The van der Waals surface area contributed by atoms with E-state index in [4.69, 9.17) is 4.18 Å². The third-order valence-corrected chi connectivity index (χ3v) is 5.44. The zero-order chi connectivity index (χ0) is 18.7. The van der Waals surface area contributed by atoms with Gasteiger partial charge in [0.15, 0.2) is 5.78 Å². The van der Waals surface area contributed by atoms with Gasteiger partial charge < -0.3 is 0 Å². The van der Waals surface area contributed by atoms with Crippen molar-refractivity contribution in [2.24, 2.45) is 0 Å². The number of benzene rings is 3. The zero-order valence-electron chi connectivity index (χ0n) is 14.7. The van der Waals surface area contributed by atoms with Crippen LogP contribution in [0.1, 0.15) is 29.8 Å². The van der Waals surface area contributed by atoms with Crippen LogP contribution in [0.25, 0.3) is 21.9 Å². The fraction of sp³-hybridized carbons (Fsp3) is 0.190. The Hall–Kier alpha value is -2.50. The minimum absolute atomic E-state index is 0.0252. The molecule has 0 atom stereocenters. The number of hydrogen-bond acceptors (Lipinski definition) is 4. The van der Waals surface area contributed by atoms with E-state index in [1.54, 1.807) is 19.9 Å². The molecule has 0 saturated heterocycles. The first-order valence-electron chi connectivity index (χ1n) is 8.40. The van der Waals surface area contributed by atoms with Gasteiger partial charge in [-0.15, -0.1) is 0 Å². The van der Waals surface area contributed by atoms with Crippen molar-refractivity contribution < 1.29 is 17.4 Å². The largest absolute Gasteiger partial charge is 0.294 e. The number of carbonyl (C=O) groups excluding carboxylic acids is 1. The molecule has 4 nitrogen and oxygen atoms in total. The van der Waals surface area contributed by atoms with Crippen LogP contribution in [0.3, 0.4) is 0 Å². The first-order valence-corrected chi connectivity index (χ1v) is 9.97. The van der Waals surface area contributed by atoms with Gasteiger partial charge in [0, 0.05) is 5.56 Å². The molecule has 0 aliphatic rings. The second kappa shape index (κ2) is 7.40. The van der Waals surface area contributed by atoms with Gasteiger partial charge in [0.25, 0.3) is 10.1 Å². The fourth-order valence-electron chi connectivity index (χ4n) is 3.02. The Morgan fingerprint density at radius 2 is 1.65 bits per heavy atom. The molecule has 0 aliphatic heterocycles. The number of rotatable bonds is 6. The van der Waals surface area contributed by atoms with E-state index in [0.717, 1.165) is 21.9 Å². The molecule has 0 spiro atoms. The number of fused-ring (bicyclic) bond motifs is 1. The number of ketones is 1. The average molecular weight is 368 g/mol. The van der Waals surface area contributed by atoms with Gasteiger partial charge in [-0.25, -0.2) is 0 Å². The van der Waals surface area contributed by atoms with Gasteiger partial charge in [-0.1, -0.05) is 54.6 Å². The molecule has 5 heteroatoms. The van der Waals surface area contributed by atoms with Crippen LogP contribution in [0.2, 0.25) is 0 Å². The van der Waals surface area contributed by atoms with E-state index in [9.17, 15) is 13.2 Å². The van der Waals surface area contributed by atoms with Gasteiger partial charge in [-0.3, -0.25) is 8.98 Å². The highest BCUT2D eigenvalue weighted by atomic mass is 32.2. The van der Waals surface area contributed by atoms with Crippen LogP contribution in [-0.2, 0) is 20.1 Å². The summed E-state index contributed by atoms with van der Waals surface area (Å²) in [6.45, 7) is 3.35. The maximum Gasteiger partial charge on any atom is 0.271 e. The Kier molecular flexibility index (Phi) is 5.20. The minimum atomic E-state index is -3.56. The lowest BCUT2D eigenvalue weighted by molar-refractivity contribution is 0.101. The highest BCUT2D eigenvalue weighted by molar-refractivity contribution is 7.85. The number of carbonyl (C=O) groups is 1. The molecule has 0 N–H and O–H groups in total. The van der Waals surface area contributed by atoms with Crippen molar-refractivity contribution in [1.29, 1.82) is 0 Å². The van der Waals surface area contributed by atoms with Crippen molar-refractivity contribution in [2.75, 3.05) is 6.61 Å². The van der Waals surface area contributed by atoms with Gasteiger partial charge in [0.2, 0.25) is 0 Å². The molecule has 0 radical (unpaired) electrons. The quantitative estimate of drug-likeness (QED) is 0.472. The zero-order valence-corrected chi connectivity index (χ0v) is 15.5. The Labute approximate surface area is 153 Å². The molecule has 3 rings (SSSR count). The highest BCUT2D eigenvalue weighted by Gasteiger charge is 2.13. The first kappa shape index (κ1) is 18.3. The van der Waals surface area contributed by atoms with Crippen molar-refractivity contribution in [3.63, 3.8) is 0 Å². The van der Waals surface area contributed by atoms with Gasteiger partial charge in [-0.2, -0.15) is 8.42 Å². The standard InChI is InChI=1S/C21H20O4S/c1-3-25-26(23,24)14-16-8-9-18-13-19(11-10-17(18)12-16)21-7-5-4-6-20(21)15(2)22/h4-13H,3,14H2,1-2H3. The first-order chi connectivity index (χ1) is 12.4. The molecule has 134 valence electrons. The van der Waals surface area contributed by atoms with Crippen LogP contribution in [0.5, 0.6) is 0 Å². The lowest BCUT2D eigenvalue weighted by Crippen LogP contribution is -2.08. The van der Waals surface area contributed by atoms with Crippen molar-refractivity contribution in [3.8, 4) is 11.1 Å². The smallest absolute Gasteiger partial charge is 0.271 e. The second-order valence-electron chi connectivity index (χ2n) is 6.11. The van der Waals surface area contributed by atoms with Gasteiger partial charge >= 0.3 is 0 Å². The normalized spacial score (nSPS) is 11.6. The summed E-state index contributed by atoms with van der Waals surface area (Å²) in [5, 5.41) is 1.93. The SMILES string of the molecule is CCOS(=O)(=O)Cc1ccc2cc(-c3ccccc3C(C)=O)ccc2c1. The summed E-state index contributed by atoms with van der Waals surface area (Å²) >= 11 is 0. The van der Waals surface area contributed by atoms with Crippen LogP contribution in [0.4, 0.5) is 0 Å². The van der Waals surface area contributed by atoms with E-state index in [1.807, 2.05) is 54.6 Å². The van der Waals surface area contributed by atoms with Gasteiger partial charge in [0.05, 0.1) is 6.61 Å². The van der Waals surface area contributed by atoms with Crippen LogP contribution >= 0.6 is 0 Å². The summed E-state index contributed by atoms with van der Waals surface area (Å²) in [6.07, 6.45) is 0. The third kappa shape index (κ3) is 4.00. The van der Waals surface area contributed by atoms with Crippen molar-refractivity contribution >= 4 is 26.7 Å². The maximum atomic E-state index is 11.9. The van der Waals surface area contributed by atoms with Crippen molar-refractivity contribution in [2.45, 2.75) is 19.6 Å². The molecule has 3 aromatic rings. The maximum absolute atomic E-state index is 11.9. The second-order valence-corrected chi connectivity index (χ2v) is 7.75. The summed E-state index contributed by atoms with van der Waals surface area (Å²) in [5.41, 5.74) is 3.22. The van der Waals surface area contributed by atoms with E-state index < -0.39 is 10.1 Å². The molecular weight excluding hydrogens is 348 g/mol. The topological polar surface area (TPSA) is 60.4 Å². The fourth-order valence-corrected chi connectivity index (χ4v) is 4.05. The van der Waals surface area contributed by atoms with Crippen LogP contribution < -0.4 is 0 Å². The molecule has 0 heterocycles. The van der Waals surface area contributed by atoms with Crippen LogP contribution in [-0.4, -0.2) is 20.8 Å². The molecular formula is C21H20O4S. The van der Waals surface area contributed by atoms with E-state index in [1.165, 1.54) is 0 Å². The molecule has 0 unspecified atom stereocenters. The molecule has 0 fully saturated rings. The Balaban J connectivity index is 1.99. The molecule has 0 amide bonds. The summed E-state index contributed by atoms with van der Waals surface area (Å²) < 4.78 is 28.4. The molecule has 3 aromatic carbocycles. The third-order valence-electron chi connectivity index (χ3n) is 4.16. The molecule has 0 bridgehead atoms. The Morgan fingerprint density at radius 1 is 0.962 bits per heavy atom. The molecule has 0 aliphatic carbocycles. The predicted molar refractivity (Wildman–Crippen MR) is 104 cm³/mol. The lowest BCUT2D eigenvalue weighted by Gasteiger charge is -2.09. The van der Waals surface area contributed by atoms with Crippen LogP contribution in [0, 0.1) is 0 Å².